The van der Waals surface area contributed by atoms with Gasteiger partial charge in [-0.1, -0.05) is 0 Å². The maximum absolute atomic E-state index is 13.5. The van der Waals surface area contributed by atoms with Gasteiger partial charge in [0.2, 0.25) is 5.82 Å². The molecule has 1 amide bonds. The summed E-state index contributed by atoms with van der Waals surface area (Å²) in [4.78, 5) is 15.3. The molecule has 0 heterocycles. The van der Waals surface area contributed by atoms with Gasteiger partial charge in [-0.05, 0) is 25.1 Å². The monoisotopic (exact) mass is 386 g/mol. The second-order valence-corrected chi connectivity index (χ2v) is 7.38. The Bertz CT molecular complexity index is 799. The van der Waals surface area contributed by atoms with Crippen LogP contribution in [-0.4, -0.2) is 33.8 Å². The van der Waals surface area contributed by atoms with Crippen LogP contribution in [0.15, 0.2) is 9.36 Å². The van der Waals surface area contributed by atoms with E-state index in [1.807, 2.05) is 0 Å². The van der Waals surface area contributed by atoms with E-state index in [-0.39, 0.29) is 5.75 Å². The first-order valence-corrected chi connectivity index (χ1v) is 8.91. The number of isothiocyanates is 1. The van der Waals surface area contributed by atoms with Crippen LogP contribution in [0.3, 0.4) is 0 Å². The Balaban J connectivity index is 3.10. The topological polar surface area (TPSA) is 58.9 Å². The van der Waals surface area contributed by atoms with Crippen molar-refractivity contribution in [1.82, 2.24) is 0 Å². The number of carbonyl (C=O) groups is 1. The number of halogens is 5. The molecule has 0 fully saturated rings. The summed E-state index contributed by atoms with van der Waals surface area (Å²) in [5.74, 6) is -13.5. The van der Waals surface area contributed by atoms with Crippen molar-refractivity contribution >= 4 is 33.0 Å². The maximum Gasteiger partial charge on any atom is 0.291 e. The van der Waals surface area contributed by atoms with Gasteiger partial charge in [0.1, 0.15) is 5.56 Å². The molecule has 0 saturated carbocycles. The minimum Gasteiger partial charge on any atom is -0.266 e. The summed E-state index contributed by atoms with van der Waals surface area (Å²) >= 11 is 4.35. The third-order valence-electron chi connectivity index (χ3n) is 2.81. The highest BCUT2D eigenvalue weighted by Gasteiger charge is 2.30. The van der Waals surface area contributed by atoms with Crippen LogP contribution in [0.5, 0.6) is 0 Å². The standard InChI is InChI=1S/C13H11F5N2O2S2/c1-24(22,5-3-2-4-19-6-23)20-13(21)7-8(14)10(16)12(18)11(17)9(7)15/h2-5H2,1H3. The molecule has 1 unspecified atom stereocenters. The number of carbonyl (C=O) groups excluding carboxylic acids is 1. The number of rotatable bonds is 6. The summed E-state index contributed by atoms with van der Waals surface area (Å²) in [6.45, 7) is 0.310. The largest absolute Gasteiger partial charge is 0.291 e. The van der Waals surface area contributed by atoms with E-state index in [9.17, 15) is 31.0 Å². The summed E-state index contributed by atoms with van der Waals surface area (Å²) < 4.78 is 81.3. The van der Waals surface area contributed by atoms with Crippen molar-refractivity contribution < 1.29 is 31.0 Å². The van der Waals surface area contributed by atoms with Crippen molar-refractivity contribution in [3.05, 3.63) is 34.6 Å². The van der Waals surface area contributed by atoms with Gasteiger partial charge in [-0.25, -0.2) is 31.2 Å². The Labute approximate surface area is 140 Å². The predicted octanol–water partition coefficient (Wildman–Crippen LogP) is 3.50. The van der Waals surface area contributed by atoms with Crippen molar-refractivity contribution in [2.75, 3.05) is 18.6 Å². The molecule has 1 rings (SSSR count). The number of hydrogen-bond acceptors (Lipinski definition) is 4. The number of hydrogen-bond donors (Lipinski definition) is 0. The lowest BCUT2D eigenvalue weighted by atomic mass is 10.1. The van der Waals surface area contributed by atoms with Gasteiger partial charge in [0.05, 0.1) is 14.9 Å². The minimum absolute atomic E-state index is 0.124. The molecule has 0 aromatic heterocycles. The highest BCUT2D eigenvalue weighted by molar-refractivity contribution is 7.93. The zero-order chi connectivity index (χ0) is 18.5. The second kappa shape index (κ2) is 8.41. The number of nitrogens with zero attached hydrogens (tertiary/aromatic N) is 2. The molecule has 1 aromatic carbocycles. The lowest BCUT2D eigenvalue weighted by molar-refractivity contribution is 0.0993. The molecule has 0 aliphatic carbocycles. The van der Waals surface area contributed by atoms with Crippen LogP contribution >= 0.6 is 12.2 Å². The smallest absolute Gasteiger partial charge is 0.266 e. The van der Waals surface area contributed by atoms with Crippen molar-refractivity contribution in [2.24, 2.45) is 9.36 Å². The molecule has 11 heteroatoms. The highest BCUT2D eigenvalue weighted by atomic mass is 32.2. The molecular formula is C13H11F5N2O2S2. The molecule has 0 bridgehead atoms. The fraction of sp³-hybridized carbons (Fsp3) is 0.385. The number of aliphatic imine (C=N–C) groups is 1. The van der Waals surface area contributed by atoms with Crippen molar-refractivity contribution in [2.45, 2.75) is 12.8 Å². The van der Waals surface area contributed by atoms with E-state index in [1.54, 1.807) is 0 Å². The quantitative estimate of drug-likeness (QED) is 0.188. The van der Waals surface area contributed by atoms with Crippen molar-refractivity contribution in [1.29, 1.82) is 0 Å². The first kappa shape index (κ1) is 20.3. The van der Waals surface area contributed by atoms with Gasteiger partial charge < -0.3 is 0 Å². The molecule has 1 atom stereocenters. The van der Waals surface area contributed by atoms with Gasteiger partial charge in [-0.2, -0.15) is 4.36 Å². The van der Waals surface area contributed by atoms with Crippen LogP contribution in [0.1, 0.15) is 23.2 Å². The SMILES string of the molecule is CS(=O)(CCCCN=C=S)=NC(=O)c1c(F)c(F)c(F)c(F)c1F. The van der Waals surface area contributed by atoms with Gasteiger partial charge in [-0.3, -0.25) is 4.79 Å². The molecule has 0 N–H and O–H groups in total. The van der Waals surface area contributed by atoms with Crippen LogP contribution in [0, 0.1) is 29.1 Å². The Morgan fingerprint density at radius 2 is 1.54 bits per heavy atom. The van der Waals surface area contributed by atoms with Crippen LogP contribution < -0.4 is 0 Å². The zero-order valence-electron chi connectivity index (χ0n) is 12.2. The third kappa shape index (κ3) is 4.89. The lowest BCUT2D eigenvalue weighted by Gasteiger charge is -2.06. The van der Waals surface area contributed by atoms with Gasteiger partial charge in [0, 0.05) is 18.6 Å². The molecule has 0 saturated heterocycles. The van der Waals surface area contributed by atoms with E-state index >= 15 is 0 Å². The van der Waals surface area contributed by atoms with Crippen LogP contribution in [0.25, 0.3) is 0 Å². The number of thiocarbonyl (C=S) groups is 1. The summed E-state index contributed by atoms with van der Waals surface area (Å²) in [6, 6.07) is 0. The average Bonchev–Trinajstić information content (AvgIpc) is 2.50. The Hall–Kier alpha value is -1.71. The molecule has 0 radical (unpaired) electrons. The number of unbranched alkanes of at least 4 members (excludes halogenated alkanes) is 1. The van der Waals surface area contributed by atoms with E-state index in [2.05, 4.69) is 26.7 Å². The van der Waals surface area contributed by atoms with E-state index in [4.69, 9.17) is 0 Å². The Morgan fingerprint density at radius 1 is 1.04 bits per heavy atom. The zero-order valence-corrected chi connectivity index (χ0v) is 13.9. The molecule has 0 spiro atoms. The van der Waals surface area contributed by atoms with Crippen LogP contribution in [0.2, 0.25) is 0 Å². The predicted molar refractivity (Wildman–Crippen MR) is 81.1 cm³/mol. The average molecular weight is 386 g/mol. The molecule has 4 nitrogen and oxygen atoms in total. The van der Waals surface area contributed by atoms with E-state index in [0.717, 1.165) is 6.26 Å². The highest BCUT2D eigenvalue weighted by Crippen LogP contribution is 2.24. The van der Waals surface area contributed by atoms with E-state index in [1.165, 1.54) is 0 Å². The Kier molecular flexibility index (Phi) is 7.12. The fourth-order valence-corrected chi connectivity index (χ4v) is 3.03. The first-order valence-electron chi connectivity index (χ1n) is 6.41. The summed E-state index contributed by atoms with van der Waals surface area (Å²) in [5, 5.41) is 2.12. The molecular weight excluding hydrogens is 375 g/mol. The minimum atomic E-state index is -3.22. The first-order chi connectivity index (χ1) is 11.1. The van der Waals surface area contributed by atoms with Gasteiger partial charge in [0.25, 0.3) is 5.91 Å². The number of amides is 1. The van der Waals surface area contributed by atoms with Crippen LogP contribution in [0.4, 0.5) is 22.0 Å². The Morgan fingerprint density at radius 3 is 2.04 bits per heavy atom. The fourth-order valence-electron chi connectivity index (χ4n) is 1.67. The van der Waals surface area contributed by atoms with Gasteiger partial charge in [0.15, 0.2) is 23.3 Å². The summed E-state index contributed by atoms with van der Waals surface area (Å²) in [5.41, 5.74) is -1.73. The van der Waals surface area contributed by atoms with Crippen molar-refractivity contribution in [3.8, 4) is 0 Å². The van der Waals surface area contributed by atoms with Crippen LogP contribution in [-0.2, 0) is 9.73 Å². The van der Waals surface area contributed by atoms with E-state index in [0.29, 0.717) is 19.4 Å². The molecule has 1 aromatic rings. The molecule has 132 valence electrons. The normalized spacial score (nSPS) is 13.1. The molecule has 0 aliphatic rings. The van der Waals surface area contributed by atoms with Crippen molar-refractivity contribution in [3.63, 3.8) is 0 Å². The maximum atomic E-state index is 13.5. The van der Waals surface area contributed by atoms with E-state index < -0.39 is 50.3 Å². The summed E-state index contributed by atoms with van der Waals surface area (Å²) in [6.07, 6.45) is 1.78. The second-order valence-electron chi connectivity index (χ2n) is 4.68. The molecule has 0 aliphatic heterocycles. The van der Waals surface area contributed by atoms with Gasteiger partial charge in [-0.15, -0.1) is 0 Å². The third-order valence-corrected chi connectivity index (χ3v) is 4.53. The molecule has 24 heavy (non-hydrogen) atoms. The van der Waals surface area contributed by atoms with Gasteiger partial charge >= 0.3 is 0 Å². The number of benzene rings is 1. The summed E-state index contributed by atoms with van der Waals surface area (Å²) in [7, 11) is -3.22. The lowest BCUT2D eigenvalue weighted by Crippen LogP contribution is -2.14.